The van der Waals surface area contributed by atoms with Gasteiger partial charge < -0.3 is 19.4 Å². The van der Waals surface area contributed by atoms with E-state index < -0.39 is 11.1 Å². The first-order valence-electron chi connectivity index (χ1n) is 14.9. The Morgan fingerprint density at radius 2 is 1.41 bits per heavy atom. The largest absolute Gasteiger partial charge is 0.484 e. The van der Waals surface area contributed by atoms with E-state index in [0.717, 1.165) is 49.0 Å². The second-order valence-electron chi connectivity index (χ2n) is 11.2. The fourth-order valence-corrected chi connectivity index (χ4v) is 5.99. The van der Waals surface area contributed by atoms with Crippen LogP contribution < -0.4 is 9.64 Å². The van der Waals surface area contributed by atoms with Crippen LogP contribution in [0.2, 0.25) is 0 Å². The Hall–Kier alpha value is -5.18. The normalized spacial score (nSPS) is 16.4. The fourth-order valence-electron chi connectivity index (χ4n) is 5.99. The summed E-state index contributed by atoms with van der Waals surface area (Å²) in [5.74, 6) is 0.274. The number of hydrogen-bond donors (Lipinski definition) is 0. The van der Waals surface area contributed by atoms with Crippen LogP contribution in [0.5, 0.6) is 5.75 Å². The quantitative estimate of drug-likeness (QED) is 0.167. The molecule has 4 aromatic carbocycles. The number of likely N-dealkylation sites (tertiary alicyclic amines) is 1. The number of amides is 2. The molecule has 9 heteroatoms. The minimum atomic E-state index is -0.513. The van der Waals surface area contributed by atoms with Gasteiger partial charge in [0.25, 0.3) is 17.5 Å². The van der Waals surface area contributed by atoms with Crippen LogP contribution in [0.4, 0.5) is 11.4 Å². The average Bonchev–Trinajstić information content (AvgIpc) is 3.07. The van der Waals surface area contributed by atoms with Gasteiger partial charge in [-0.1, -0.05) is 72.8 Å². The summed E-state index contributed by atoms with van der Waals surface area (Å²) in [5, 5.41) is 11.7. The number of hydrogen-bond acceptors (Lipinski definition) is 6. The van der Waals surface area contributed by atoms with Crippen molar-refractivity contribution in [3.63, 3.8) is 0 Å². The SMILES string of the molecule is O=C(COc1ccc([C@H]2N(Cc3ccccc3)C(=O)c3cc([N+](=O)[O-])ccc3N2Cc2ccccc2)cc1)N1CCCCC1. The van der Waals surface area contributed by atoms with Crippen LogP contribution in [0.3, 0.4) is 0 Å². The van der Waals surface area contributed by atoms with Gasteiger partial charge in [0.15, 0.2) is 6.61 Å². The third kappa shape index (κ3) is 6.27. The predicted molar refractivity (Wildman–Crippen MR) is 167 cm³/mol. The molecule has 1 fully saturated rings. The van der Waals surface area contributed by atoms with Gasteiger partial charge in [0.1, 0.15) is 11.9 Å². The monoisotopic (exact) mass is 590 g/mol. The molecule has 2 aliphatic rings. The Kier molecular flexibility index (Phi) is 8.54. The van der Waals surface area contributed by atoms with Gasteiger partial charge in [-0.15, -0.1) is 0 Å². The van der Waals surface area contributed by atoms with Gasteiger partial charge >= 0.3 is 0 Å². The number of carbonyl (C=O) groups excluding carboxylic acids is 2. The highest BCUT2D eigenvalue weighted by molar-refractivity contribution is 6.02. The van der Waals surface area contributed by atoms with Crippen molar-refractivity contribution >= 4 is 23.2 Å². The molecule has 44 heavy (non-hydrogen) atoms. The number of nitrogens with zero attached hydrogens (tertiary/aromatic N) is 4. The van der Waals surface area contributed by atoms with Crippen LogP contribution in [0.1, 0.15) is 52.5 Å². The zero-order valence-corrected chi connectivity index (χ0v) is 24.4. The molecule has 224 valence electrons. The summed E-state index contributed by atoms with van der Waals surface area (Å²) in [6, 6.07) is 31.6. The van der Waals surface area contributed by atoms with E-state index in [-0.39, 0.29) is 24.1 Å². The maximum atomic E-state index is 14.2. The van der Waals surface area contributed by atoms with E-state index in [2.05, 4.69) is 4.90 Å². The van der Waals surface area contributed by atoms with Gasteiger partial charge in [-0.25, -0.2) is 0 Å². The number of fused-ring (bicyclic) bond motifs is 1. The summed E-state index contributed by atoms with van der Waals surface area (Å²) in [5.41, 5.74) is 3.62. The molecular formula is C35H34N4O5. The predicted octanol–water partition coefficient (Wildman–Crippen LogP) is 6.35. The Labute approximate surface area is 256 Å². The molecule has 2 heterocycles. The molecule has 9 nitrogen and oxygen atoms in total. The molecule has 4 aromatic rings. The van der Waals surface area contributed by atoms with Gasteiger partial charge in [0.2, 0.25) is 0 Å². The van der Waals surface area contributed by atoms with Gasteiger partial charge in [-0.3, -0.25) is 19.7 Å². The number of non-ortho nitro benzene ring substituents is 1. The highest BCUT2D eigenvalue weighted by Crippen LogP contribution is 2.42. The van der Waals surface area contributed by atoms with E-state index in [1.54, 1.807) is 11.0 Å². The van der Waals surface area contributed by atoms with Crippen LogP contribution in [-0.2, 0) is 17.9 Å². The molecule has 1 saturated heterocycles. The van der Waals surface area contributed by atoms with Crippen molar-refractivity contribution in [2.45, 2.75) is 38.5 Å². The van der Waals surface area contributed by atoms with E-state index in [4.69, 9.17) is 4.74 Å². The van der Waals surface area contributed by atoms with Gasteiger partial charge in [-0.2, -0.15) is 0 Å². The van der Waals surface area contributed by atoms with Crippen molar-refractivity contribution in [3.8, 4) is 5.75 Å². The van der Waals surface area contributed by atoms with E-state index in [1.807, 2.05) is 89.8 Å². The van der Waals surface area contributed by atoms with Gasteiger partial charge in [-0.05, 0) is 54.2 Å². The summed E-state index contributed by atoms with van der Waals surface area (Å²) >= 11 is 0. The number of piperidine rings is 1. The number of rotatable bonds is 9. The Morgan fingerprint density at radius 3 is 2.02 bits per heavy atom. The van der Waals surface area contributed by atoms with Crippen molar-refractivity contribution in [3.05, 3.63) is 135 Å². The Morgan fingerprint density at radius 1 is 0.795 bits per heavy atom. The van der Waals surface area contributed by atoms with Crippen LogP contribution in [0, 0.1) is 10.1 Å². The second-order valence-corrected chi connectivity index (χ2v) is 11.2. The Balaban J connectivity index is 1.36. The third-order valence-corrected chi connectivity index (χ3v) is 8.22. The standard InChI is InChI=1S/C35H34N4O5/c40-33(36-20-8-3-9-21-36)25-44-30-17-14-28(15-18-30)34-37(23-26-10-4-1-5-11-26)32-19-16-29(39(42)43)22-31(32)35(41)38(34)24-27-12-6-2-7-13-27/h1-2,4-7,10-19,22,34H,3,8-9,20-21,23-25H2/t34-/m1/s1. The molecule has 0 aliphatic carbocycles. The smallest absolute Gasteiger partial charge is 0.270 e. The molecule has 0 unspecified atom stereocenters. The maximum Gasteiger partial charge on any atom is 0.270 e. The zero-order chi connectivity index (χ0) is 30.5. The summed E-state index contributed by atoms with van der Waals surface area (Å²) in [6.07, 6.45) is 2.69. The number of nitro groups is 1. The second kappa shape index (κ2) is 13.0. The molecule has 1 atom stereocenters. The summed E-state index contributed by atoms with van der Waals surface area (Å²) in [6.45, 7) is 2.30. The van der Waals surface area contributed by atoms with Crippen molar-refractivity contribution in [1.82, 2.24) is 9.80 Å². The highest BCUT2D eigenvalue weighted by Gasteiger charge is 2.39. The number of ether oxygens (including phenoxy) is 1. The highest BCUT2D eigenvalue weighted by atomic mass is 16.6. The van der Waals surface area contributed by atoms with Crippen LogP contribution in [-0.4, -0.2) is 46.2 Å². The van der Waals surface area contributed by atoms with Crippen LogP contribution in [0.25, 0.3) is 0 Å². The van der Waals surface area contributed by atoms with Crippen molar-refractivity contribution in [2.24, 2.45) is 0 Å². The lowest BCUT2D eigenvalue weighted by molar-refractivity contribution is -0.384. The first-order chi connectivity index (χ1) is 21.5. The molecule has 0 saturated carbocycles. The lowest BCUT2D eigenvalue weighted by Gasteiger charge is -2.46. The minimum Gasteiger partial charge on any atom is -0.484 e. The van der Waals surface area contributed by atoms with E-state index in [1.165, 1.54) is 12.1 Å². The summed E-state index contributed by atoms with van der Waals surface area (Å²) < 4.78 is 5.87. The van der Waals surface area contributed by atoms with Gasteiger partial charge in [0, 0.05) is 38.3 Å². The molecule has 0 aromatic heterocycles. The first-order valence-corrected chi connectivity index (χ1v) is 14.9. The molecule has 2 aliphatic heterocycles. The lowest BCUT2D eigenvalue weighted by atomic mass is 9.98. The zero-order valence-electron chi connectivity index (χ0n) is 24.4. The summed E-state index contributed by atoms with van der Waals surface area (Å²) in [4.78, 5) is 43.8. The molecular weight excluding hydrogens is 556 g/mol. The van der Waals surface area contributed by atoms with Crippen molar-refractivity contribution in [1.29, 1.82) is 0 Å². The minimum absolute atomic E-state index is 0.0135. The molecule has 6 rings (SSSR count). The molecule has 2 amide bonds. The number of anilines is 1. The first kappa shape index (κ1) is 28.9. The van der Waals surface area contributed by atoms with Crippen LogP contribution in [0.15, 0.2) is 103 Å². The Bertz CT molecular complexity index is 1620. The number of carbonyl (C=O) groups is 2. The lowest BCUT2D eigenvalue weighted by Crippen LogP contribution is -2.48. The molecule has 0 radical (unpaired) electrons. The molecule has 0 N–H and O–H groups in total. The van der Waals surface area contributed by atoms with Crippen molar-refractivity contribution < 1.29 is 19.2 Å². The van der Waals surface area contributed by atoms with E-state index >= 15 is 0 Å². The maximum absolute atomic E-state index is 14.2. The number of benzene rings is 4. The van der Waals surface area contributed by atoms with Crippen LogP contribution >= 0.6 is 0 Å². The van der Waals surface area contributed by atoms with E-state index in [0.29, 0.717) is 30.1 Å². The average molecular weight is 591 g/mol. The number of nitro benzene ring substituents is 1. The fraction of sp³-hybridized carbons (Fsp3) is 0.257. The van der Waals surface area contributed by atoms with E-state index in [9.17, 15) is 19.7 Å². The van der Waals surface area contributed by atoms with Crippen molar-refractivity contribution in [2.75, 3.05) is 24.6 Å². The summed E-state index contributed by atoms with van der Waals surface area (Å²) in [7, 11) is 0. The molecule has 0 bridgehead atoms. The molecule has 0 spiro atoms. The third-order valence-electron chi connectivity index (χ3n) is 8.22. The van der Waals surface area contributed by atoms with Gasteiger partial charge in [0.05, 0.1) is 16.2 Å². The topological polar surface area (TPSA) is 96.2 Å².